The minimum Gasteiger partial charge on any atom is -0.338 e. The second-order valence-corrected chi connectivity index (χ2v) is 7.72. The average molecular weight is 366 g/mol. The number of hydrogen-bond donors (Lipinski definition) is 0. The largest absolute Gasteiger partial charge is 0.338 e. The monoisotopic (exact) mass is 366 g/mol. The van der Waals surface area contributed by atoms with E-state index >= 15 is 0 Å². The molecule has 2 aliphatic rings. The molecule has 2 aromatic rings. The summed E-state index contributed by atoms with van der Waals surface area (Å²) in [7, 11) is 0. The van der Waals surface area contributed by atoms with E-state index in [-0.39, 0.29) is 17.5 Å². The molecule has 0 N–H and O–H groups in total. The molecule has 1 aliphatic carbocycles. The standard InChI is InChI=1S/C21H26N4O2/c26-20-10-9-19(17-7-3-11-22-14-17)23-25(20)15-18-8-4-12-24(18)21(27)13-16-5-1-2-6-16/h3,7,9-11,14,16,18H,1-2,4-6,8,12-13,15H2. The molecule has 3 heterocycles. The third-order valence-corrected chi connectivity index (χ3v) is 5.84. The molecule has 2 aromatic heterocycles. The molecule has 0 radical (unpaired) electrons. The third-order valence-electron chi connectivity index (χ3n) is 5.84. The highest BCUT2D eigenvalue weighted by Gasteiger charge is 2.31. The van der Waals surface area contributed by atoms with E-state index in [0.29, 0.717) is 18.9 Å². The summed E-state index contributed by atoms with van der Waals surface area (Å²) in [5.74, 6) is 0.800. The molecule has 142 valence electrons. The fraction of sp³-hybridized carbons (Fsp3) is 0.524. The maximum Gasteiger partial charge on any atom is 0.266 e. The fourth-order valence-corrected chi connectivity index (χ4v) is 4.38. The van der Waals surface area contributed by atoms with Gasteiger partial charge in [0.1, 0.15) is 0 Å². The van der Waals surface area contributed by atoms with E-state index in [1.54, 1.807) is 24.5 Å². The molecule has 0 bridgehead atoms. The first-order chi connectivity index (χ1) is 13.2. The Kier molecular flexibility index (Phi) is 5.32. The molecule has 1 saturated carbocycles. The molecule has 1 aliphatic heterocycles. The summed E-state index contributed by atoms with van der Waals surface area (Å²) in [5.41, 5.74) is 1.48. The van der Waals surface area contributed by atoms with Crippen molar-refractivity contribution in [3.63, 3.8) is 0 Å². The van der Waals surface area contributed by atoms with Gasteiger partial charge in [0.25, 0.3) is 5.56 Å². The normalized spacial score (nSPS) is 20.3. The van der Waals surface area contributed by atoms with Crippen molar-refractivity contribution in [2.45, 2.75) is 57.5 Å². The molecule has 0 spiro atoms. The van der Waals surface area contributed by atoms with E-state index in [2.05, 4.69) is 10.1 Å². The van der Waals surface area contributed by atoms with Crippen molar-refractivity contribution in [3.05, 3.63) is 47.0 Å². The van der Waals surface area contributed by atoms with Crippen LogP contribution in [0.4, 0.5) is 0 Å². The predicted molar refractivity (Wildman–Crippen MR) is 103 cm³/mol. The topological polar surface area (TPSA) is 68.1 Å². The van der Waals surface area contributed by atoms with Crippen molar-refractivity contribution >= 4 is 5.91 Å². The Morgan fingerprint density at radius 3 is 2.74 bits per heavy atom. The lowest BCUT2D eigenvalue weighted by Crippen LogP contribution is -2.41. The van der Waals surface area contributed by atoms with Crippen LogP contribution in [-0.2, 0) is 11.3 Å². The van der Waals surface area contributed by atoms with Gasteiger partial charge in [0.05, 0.1) is 18.3 Å². The lowest BCUT2D eigenvalue weighted by molar-refractivity contribution is -0.133. The Morgan fingerprint density at radius 1 is 1.11 bits per heavy atom. The van der Waals surface area contributed by atoms with Gasteiger partial charge >= 0.3 is 0 Å². The van der Waals surface area contributed by atoms with Gasteiger partial charge in [-0.2, -0.15) is 5.10 Å². The van der Waals surface area contributed by atoms with Crippen molar-refractivity contribution in [2.75, 3.05) is 6.54 Å². The van der Waals surface area contributed by atoms with Crippen LogP contribution in [0.15, 0.2) is 41.5 Å². The highest BCUT2D eigenvalue weighted by Crippen LogP contribution is 2.29. The van der Waals surface area contributed by atoms with Crippen LogP contribution in [0.3, 0.4) is 0 Å². The van der Waals surface area contributed by atoms with Crippen molar-refractivity contribution in [1.82, 2.24) is 19.7 Å². The second-order valence-electron chi connectivity index (χ2n) is 7.72. The molecule has 27 heavy (non-hydrogen) atoms. The molecule has 2 fully saturated rings. The Labute approximate surface area is 159 Å². The van der Waals surface area contributed by atoms with Crippen molar-refractivity contribution < 1.29 is 4.79 Å². The zero-order chi connectivity index (χ0) is 18.6. The van der Waals surface area contributed by atoms with Crippen LogP contribution in [0.25, 0.3) is 11.3 Å². The zero-order valence-corrected chi connectivity index (χ0v) is 15.6. The molecule has 0 aromatic carbocycles. The second kappa shape index (κ2) is 8.03. The van der Waals surface area contributed by atoms with Crippen molar-refractivity contribution in [2.24, 2.45) is 5.92 Å². The van der Waals surface area contributed by atoms with E-state index in [9.17, 15) is 9.59 Å². The van der Waals surface area contributed by atoms with Crippen molar-refractivity contribution in [1.29, 1.82) is 0 Å². The van der Waals surface area contributed by atoms with Gasteiger partial charge < -0.3 is 4.90 Å². The minimum absolute atomic E-state index is 0.0632. The highest BCUT2D eigenvalue weighted by molar-refractivity contribution is 5.77. The summed E-state index contributed by atoms with van der Waals surface area (Å²) < 4.78 is 1.51. The molecule has 1 unspecified atom stereocenters. The number of pyridine rings is 1. The predicted octanol–water partition coefficient (Wildman–Crippen LogP) is 2.88. The summed E-state index contributed by atoms with van der Waals surface area (Å²) in [5, 5.41) is 4.53. The van der Waals surface area contributed by atoms with Crippen LogP contribution in [0.1, 0.15) is 44.9 Å². The van der Waals surface area contributed by atoms with Gasteiger partial charge in [-0.1, -0.05) is 12.8 Å². The molecular formula is C21H26N4O2. The first-order valence-electron chi connectivity index (χ1n) is 9.99. The third kappa shape index (κ3) is 4.10. The van der Waals surface area contributed by atoms with E-state index in [1.807, 2.05) is 17.0 Å². The van der Waals surface area contributed by atoms with Gasteiger partial charge in [-0.25, -0.2) is 4.68 Å². The minimum atomic E-state index is -0.127. The van der Waals surface area contributed by atoms with Gasteiger partial charge in [-0.05, 0) is 49.8 Å². The molecule has 1 atom stereocenters. The van der Waals surface area contributed by atoms with Crippen LogP contribution in [-0.4, -0.2) is 38.2 Å². The molecule has 4 rings (SSSR count). The summed E-state index contributed by atoms with van der Waals surface area (Å²) in [6, 6.07) is 7.13. The van der Waals surface area contributed by atoms with Crippen LogP contribution >= 0.6 is 0 Å². The molecule has 6 nitrogen and oxygen atoms in total. The van der Waals surface area contributed by atoms with E-state index in [1.165, 1.54) is 30.4 Å². The van der Waals surface area contributed by atoms with E-state index < -0.39 is 0 Å². The smallest absolute Gasteiger partial charge is 0.266 e. The van der Waals surface area contributed by atoms with Gasteiger partial charge in [0, 0.05) is 37.0 Å². The number of nitrogens with zero attached hydrogens (tertiary/aromatic N) is 4. The van der Waals surface area contributed by atoms with Crippen LogP contribution in [0.2, 0.25) is 0 Å². The van der Waals surface area contributed by atoms with E-state index in [0.717, 1.165) is 30.6 Å². The number of carbonyl (C=O) groups is 1. The zero-order valence-electron chi connectivity index (χ0n) is 15.6. The number of likely N-dealkylation sites (tertiary alicyclic amines) is 1. The SMILES string of the molecule is O=C(CC1CCCC1)N1CCCC1Cn1nc(-c2cccnc2)ccc1=O. The summed E-state index contributed by atoms with van der Waals surface area (Å²) in [4.78, 5) is 31.2. The quantitative estimate of drug-likeness (QED) is 0.816. The number of rotatable bonds is 5. The lowest BCUT2D eigenvalue weighted by Gasteiger charge is -2.26. The number of carbonyl (C=O) groups excluding carboxylic acids is 1. The lowest BCUT2D eigenvalue weighted by atomic mass is 10.0. The Balaban J connectivity index is 1.49. The Bertz CT molecular complexity index is 843. The maximum absolute atomic E-state index is 12.8. The van der Waals surface area contributed by atoms with Gasteiger partial charge in [-0.15, -0.1) is 0 Å². The fourth-order valence-electron chi connectivity index (χ4n) is 4.38. The number of hydrogen-bond acceptors (Lipinski definition) is 4. The summed E-state index contributed by atoms with van der Waals surface area (Å²) >= 11 is 0. The Hall–Kier alpha value is -2.50. The van der Waals surface area contributed by atoms with E-state index in [4.69, 9.17) is 0 Å². The molecular weight excluding hydrogens is 340 g/mol. The number of amides is 1. The first kappa shape index (κ1) is 17.9. The molecule has 1 saturated heterocycles. The van der Waals surface area contributed by atoms with Gasteiger partial charge in [0.2, 0.25) is 5.91 Å². The summed E-state index contributed by atoms with van der Waals surface area (Å²) in [6.45, 7) is 1.26. The van der Waals surface area contributed by atoms with Crippen LogP contribution < -0.4 is 5.56 Å². The number of aromatic nitrogens is 3. The Morgan fingerprint density at radius 2 is 1.96 bits per heavy atom. The summed E-state index contributed by atoms with van der Waals surface area (Å²) in [6.07, 6.45) is 10.9. The van der Waals surface area contributed by atoms with Gasteiger partial charge in [-0.3, -0.25) is 14.6 Å². The molecule has 1 amide bonds. The average Bonchev–Trinajstić information content (AvgIpc) is 3.36. The van der Waals surface area contributed by atoms with Crippen LogP contribution in [0.5, 0.6) is 0 Å². The first-order valence-corrected chi connectivity index (χ1v) is 9.99. The van der Waals surface area contributed by atoms with Crippen LogP contribution in [0, 0.1) is 5.92 Å². The van der Waals surface area contributed by atoms with Gasteiger partial charge in [0.15, 0.2) is 0 Å². The maximum atomic E-state index is 12.8. The highest BCUT2D eigenvalue weighted by atomic mass is 16.2. The van der Waals surface area contributed by atoms with Crippen molar-refractivity contribution in [3.8, 4) is 11.3 Å². The molecule has 6 heteroatoms.